The predicted molar refractivity (Wildman–Crippen MR) is 115 cm³/mol. The number of piperidine rings is 1. The zero-order valence-electron chi connectivity index (χ0n) is 16.7. The van der Waals surface area contributed by atoms with Crippen LogP contribution in [0.25, 0.3) is 0 Å². The van der Waals surface area contributed by atoms with Gasteiger partial charge >= 0.3 is 0 Å². The van der Waals surface area contributed by atoms with Crippen LogP contribution >= 0.6 is 11.8 Å². The van der Waals surface area contributed by atoms with Gasteiger partial charge in [-0.05, 0) is 44.1 Å². The number of rotatable bonds is 6. The Kier molecular flexibility index (Phi) is 6.95. The van der Waals surface area contributed by atoms with Crippen LogP contribution in [0, 0.1) is 0 Å². The topological polar surface area (TPSA) is 65.5 Å². The summed E-state index contributed by atoms with van der Waals surface area (Å²) in [6.45, 7) is 6.40. The molecule has 2 aliphatic rings. The molecule has 0 N–H and O–H groups in total. The van der Waals surface area contributed by atoms with Gasteiger partial charge in [-0.1, -0.05) is 6.42 Å². The fourth-order valence-corrected chi connectivity index (χ4v) is 4.65. The van der Waals surface area contributed by atoms with Gasteiger partial charge in [0, 0.05) is 57.1 Å². The lowest BCUT2D eigenvalue weighted by Gasteiger charge is -2.34. The first-order valence-electron chi connectivity index (χ1n) is 10.4. The van der Waals surface area contributed by atoms with Gasteiger partial charge in [-0.25, -0.2) is 15.0 Å². The minimum Gasteiger partial charge on any atom is -0.337 e. The number of carbonyl (C=O) groups excluding carboxylic acids is 1. The molecule has 7 nitrogen and oxygen atoms in total. The average molecular weight is 413 g/mol. The maximum Gasteiger partial charge on any atom is 0.255 e. The van der Waals surface area contributed by atoms with Crippen LogP contribution in [0.2, 0.25) is 0 Å². The predicted octanol–water partition coefficient (Wildman–Crippen LogP) is 2.41. The van der Waals surface area contributed by atoms with Gasteiger partial charge in [0.25, 0.3) is 5.91 Å². The van der Waals surface area contributed by atoms with Crippen LogP contribution in [0.4, 0.5) is 5.95 Å². The lowest BCUT2D eigenvalue weighted by Crippen LogP contribution is -2.49. The molecule has 2 aromatic rings. The Labute approximate surface area is 176 Å². The van der Waals surface area contributed by atoms with Gasteiger partial charge in [-0.15, -0.1) is 11.8 Å². The van der Waals surface area contributed by atoms with E-state index in [1.807, 2.05) is 23.1 Å². The van der Waals surface area contributed by atoms with E-state index in [4.69, 9.17) is 0 Å². The lowest BCUT2D eigenvalue weighted by atomic mass is 10.1. The Morgan fingerprint density at radius 3 is 2.38 bits per heavy atom. The molecule has 0 saturated carbocycles. The summed E-state index contributed by atoms with van der Waals surface area (Å²) in [4.78, 5) is 32.4. The maximum absolute atomic E-state index is 12.8. The molecule has 0 spiro atoms. The Bertz CT molecular complexity index is 774. The van der Waals surface area contributed by atoms with Crippen LogP contribution in [0.3, 0.4) is 0 Å². The van der Waals surface area contributed by atoms with Crippen molar-refractivity contribution >= 4 is 23.6 Å². The Morgan fingerprint density at radius 2 is 1.69 bits per heavy atom. The van der Waals surface area contributed by atoms with Crippen molar-refractivity contribution in [3.05, 3.63) is 42.4 Å². The molecule has 2 fully saturated rings. The van der Waals surface area contributed by atoms with E-state index in [0.717, 1.165) is 36.4 Å². The number of nitrogens with zero attached hydrogens (tertiary/aromatic N) is 6. The summed E-state index contributed by atoms with van der Waals surface area (Å²) in [6.07, 6.45) is 9.24. The third-order valence-electron chi connectivity index (χ3n) is 5.49. The van der Waals surface area contributed by atoms with E-state index in [0.29, 0.717) is 18.7 Å². The molecule has 4 heterocycles. The van der Waals surface area contributed by atoms with Gasteiger partial charge in [-0.3, -0.25) is 4.79 Å². The van der Waals surface area contributed by atoms with E-state index < -0.39 is 0 Å². The summed E-state index contributed by atoms with van der Waals surface area (Å²) >= 11 is 1.77. The van der Waals surface area contributed by atoms with Crippen LogP contribution < -0.4 is 4.90 Å². The van der Waals surface area contributed by atoms with E-state index in [1.54, 1.807) is 30.4 Å². The van der Waals surface area contributed by atoms with E-state index in [2.05, 4.69) is 24.8 Å². The normalized spacial score (nSPS) is 18.1. The van der Waals surface area contributed by atoms with Crippen molar-refractivity contribution in [1.29, 1.82) is 0 Å². The second kappa shape index (κ2) is 10.0. The molecule has 2 aliphatic heterocycles. The van der Waals surface area contributed by atoms with E-state index in [-0.39, 0.29) is 5.91 Å². The highest BCUT2D eigenvalue weighted by molar-refractivity contribution is 7.99. The van der Waals surface area contributed by atoms with Crippen molar-refractivity contribution < 1.29 is 4.79 Å². The second-order valence-electron chi connectivity index (χ2n) is 7.46. The molecule has 8 heteroatoms. The minimum atomic E-state index is 0.0518. The first-order valence-corrected chi connectivity index (χ1v) is 11.4. The molecule has 0 aromatic carbocycles. The van der Waals surface area contributed by atoms with Crippen molar-refractivity contribution in [2.45, 2.75) is 24.3 Å². The van der Waals surface area contributed by atoms with Crippen molar-refractivity contribution in [1.82, 2.24) is 24.8 Å². The molecule has 0 unspecified atom stereocenters. The van der Waals surface area contributed by atoms with Gasteiger partial charge in [0.05, 0.1) is 10.6 Å². The molecule has 0 atom stereocenters. The van der Waals surface area contributed by atoms with E-state index >= 15 is 0 Å². The van der Waals surface area contributed by atoms with Gasteiger partial charge in [0.2, 0.25) is 5.95 Å². The first-order chi connectivity index (χ1) is 14.3. The standard InChI is InChI=1S/C21H28N6OS/c28-20(26-11-13-27(14-12-26)21-22-7-4-8-23-21)18-5-6-19(24-17-18)29-16-15-25-9-2-1-3-10-25/h4-8,17H,1-3,9-16H2. The molecule has 29 heavy (non-hydrogen) atoms. The summed E-state index contributed by atoms with van der Waals surface area (Å²) in [7, 11) is 0. The largest absolute Gasteiger partial charge is 0.337 e. The molecule has 0 bridgehead atoms. The van der Waals surface area contributed by atoms with Crippen LogP contribution in [0.1, 0.15) is 29.6 Å². The third kappa shape index (κ3) is 5.45. The fourth-order valence-electron chi connectivity index (χ4n) is 3.80. The number of likely N-dealkylation sites (tertiary alicyclic amines) is 1. The van der Waals surface area contributed by atoms with Crippen molar-refractivity contribution in [2.75, 3.05) is 56.5 Å². The highest BCUT2D eigenvalue weighted by Gasteiger charge is 2.23. The third-order valence-corrected chi connectivity index (χ3v) is 6.42. The molecular weight excluding hydrogens is 384 g/mol. The summed E-state index contributed by atoms with van der Waals surface area (Å²) < 4.78 is 0. The molecular formula is C21H28N6OS. The summed E-state index contributed by atoms with van der Waals surface area (Å²) in [6, 6.07) is 5.69. The number of hydrogen-bond acceptors (Lipinski definition) is 7. The number of piperazine rings is 1. The number of pyridine rings is 1. The minimum absolute atomic E-state index is 0.0518. The number of anilines is 1. The lowest BCUT2D eigenvalue weighted by molar-refractivity contribution is 0.0745. The van der Waals surface area contributed by atoms with E-state index in [1.165, 1.54) is 32.4 Å². The number of hydrogen-bond donors (Lipinski definition) is 0. The number of thioether (sulfide) groups is 1. The monoisotopic (exact) mass is 412 g/mol. The molecule has 0 radical (unpaired) electrons. The zero-order valence-corrected chi connectivity index (χ0v) is 17.6. The highest BCUT2D eigenvalue weighted by Crippen LogP contribution is 2.18. The summed E-state index contributed by atoms with van der Waals surface area (Å²) in [5, 5.41) is 0.990. The Morgan fingerprint density at radius 1 is 0.931 bits per heavy atom. The number of amides is 1. The smallest absolute Gasteiger partial charge is 0.255 e. The maximum atomic E-state index is 12.8. The van der Waals surface area contributed by atoms with Gasteiger partial charge in [-0.2, -0.15) is 0 Å². The zero-order chi connectivity index (χ0) is 19.9. The van der Waals surface area contributed by atoms with Gasteiger partial charge < -0.3 is 14.7 Å². The molecule has 2 saturated heterocycles. The van der Waals surface area contributed by atoms with Crippen LogP contribution in [-0.2, 0) is 0 Å². The molecule has 0 aliphatic carbocycles. The molecule has 2 aromatic heterocycles. The van der Waals surface area contributed by atoms with Crippen LogP contribution in [0.15, 0.2) is 41.8 Å². The van der Waals surface area contributed by atoms with Crippen LogP contribution in [-0.4, -0.2) is 82.2 Å². The summed E-state index contributed by atoms with van der Waals surface area (Å²) in [5.41, 5.74) is 0.662. The SMILES string of the molecule is O=C(c1ccc(SCCN2CCCCC2)nc1)N1CCN(c2ncccn2)CC1. The number of carbonyl (C=O) groups is 1. The van der Waals surface area contributed by atoms with Crippen LogP contribution in [0.5, 0.6) is 0 Å². The van der Waals surface area contributed by atoms with Crippen molar-refractivity contribution in [2.24, 2.45) is 0 Å². The Balaban J connectivity index is 1.24. The van der Waals surface area contributed by atoms with Gasteiger partial charge in [0.1, 0.15) is 0 Å². The fraction of sp³-hybridized carbons (Fsp3) is 0.524. The van der Waals surface area contributed by atoms with Gasteiger partial charge in [0.15, 0.2) is 0 Å². The average Bonchev–Trinajstić information content (AvgIpc) is 2.80. The highest BCUT2D eigenvalue weighted by atomic mass is 32.2. The molecule has 154 valence electrons. The molecule has 4 rings (SSSR count). The quantitative estimate of drug-likeness (QED) is 0.675. The van der Waals surface area contributed by atoms with Crippen molar-refractivity contribution in [3.63, 3.8) is 0 Å². The summed E-state index contributed by atoms with van der Waals surface area (Å²) in [5.74, 6) is 1.83. The van der Waals surface area contributed by atoms with E-state index in [9.17, 15) is 4.79 Å². The molecule has 1 amide bonds. The Hall–Kier alpha value is -2.19. The van der Waals surface area contributed by atoms with Crippen molar-refractivity contribution in [3.8, 4) is 0 Å². The first kappa shape index (κ1) is 20.1. The second-order valence-corrected chi connectivity index (χ2v) is 8.58. The number of aromatic nitrogens is 3.